The maximum atomic E-state index is 13.8. The van der Waals surface area contributed by atoms with Crippen molar-refractivity contribution in [2.45, 2.75) is 32.0 Å². The van der Waals surface area contributed by atoms with Crippen molar-refractivity contribution in [3.63, 3.8) is 0 Å². The fourth-order valence-electron chi connectivity index (χ4n) is 3.72. The van der Waals surface area contributed by atoms with Crippen LogP contribution in [-0.2, 0) is 13.1 Å². The van der Waals surface area contributed by atoms with Crippen LogP contribution in [0.5, 0.6) is 28.9 Å². The number of alkyl halides is 2. The molecule has 0 saturated heterocycles. The highest BCUT2D eigenvalue weighted by molar-refractivity contribution is 5.48. The van der Waals surface area contributed by atoms with Gasteiger partial charge < -0.3 is 33.7 Å². The predicted octanol–water partition coefficient (Wildman–Crippen LogP) is 4.42. The normalized spacial score (nSPS) is 12.0. The number of benzene rings is 2. The monoisotopic (exact) mass is 519 g/mol. The largest absolute Gasteiger partial charge is 0.497 e. The topological polar surface area (TPSA) is 95.4 Å². The third-order valence-corrected chi connectivity index (χ3v) is 5.73. The Labute approximate surface area is 214 Å². The fraction of sp³-hybridized carbons (Fsp3) is 0.385. The van der Waals surface area contributed by atoms with Crippen molar-refractivity contribution in [3.05, 3.63) is 59.3 Å². The van der Waals surface area contributed by atoms with E-state index in [1.807, 2.05) is 12.1 Å². The zero-order chi connectivity index (χ0) is 27.2. The molecular weight excluding hydrogens is 488 g/mol. The number of anilines is 1. The molecule has 0 radical (unpaired) electrons. The molecule has 37 heavy (non-hydrogen) atoms. The molecule has 0 aliphatic carbocycles. The van der Waals surface area contributed by atoms with Crippen LogP contribution < -0.4 is 28.6 Å². The van der Waals surface area contributed by atoms with Gasteiger partial charge in [0, 0.05) is 49.5 Å². The van der Waals surface area contributed by atoms with E-state index < -0.39 is 12.0 Å². The maximum absolute atomic E-state index is 13.8. The molecule has 1 aromatic heterocycles. The molecule has 3 aromatic rings. The van der Waals surface area contributed by atoms with Gasteiger partial charge in [-0.15, -0.1) is 0 Å². The fourth-order valence-corrected chi connectivity index (χ4v) is 3.72. The van der Waals surface area contributed by atoms with Crippen LogP contribution in [-0.4, -0.2) is 56.5 Å². The van der Waals surface area contributed by atoms with Crippen molar-refractivity contribution in [1.29, 1.82) is 0 Å². The van der Waals surface area contributed by atoms with Gasteiger partial charge in [-0.25, -0.2) is 13.8 Å². The molecule has 0 amide bonds. The Bertz CT molecular complexity index is 1150. The van der Waals surface area contributed by atoms with Gasteiger partial charge in [-0.2, -0.15) is 4.98 Å². The van der Waals surface area contributed by atoms with Gasteiger partial charge in [0.25, 0.3) is 5.92 Å². The van der Waals surface area contributed by atoms with Crippen LogP contribution in [0.25, 0.3) is 0 Å². The Kier molecular flexibility index (Phi) is 8.93. The smallest absolute Gasteiger partial charge is 0.275 e. The highest BCUT2D eigenvalue weighted by atomic mass is 19.3. The Morgan fingerprint density at radius 2 is 1.35 bits per heavy atom. The van der Waals surface area contributed by atoms with Crippen LogP contribution in [0, 0.1) is 0 Å². The Hall–Kier alpha value is -3.86. The van der Waals surface area contributed by atoms with Crippen LogP contribution in [0.3, 0.4) is 0 Å². The summed E-state index contributed by atoms with van der Waals surface area (Å²) in [7, 11) is 7.52. The summed E-state index contributed by atoms with van der Waals surface area (Å²) in [5.41, 5.74) is 1.37. The molecule has 0 spiro atoms. The summed E-state index contributed by atoms with van der Waals surface area (Å²) in [6.45, 7) is 1.16. The minimum absolute atomic E-state index is 0.160. The summed E-state index contributed by atoms with van der Waals surface area (Å²) >= 11 is 0. The molecule has 0 fully saturated rings. The van der Waals surface area contributed by atoms with Crippen LogP contribution in [0.4, 0.5) is 14.7 Å². The quantitative estimate of drug-likeness (QED) is 0.373. The van der Waals surface area contributed by atoms with E-state index in [0.29, 0.717) is 29.9 Å². The number of aromatic nitrogens is 2. The van der Waals surface area contributed by atoms with E-state index in [0.717, 1.165) is 17.3 Å². The molecule has 3 rings (SSSR count). The SMILES string of the molecule is COc1ccc(CN(Cc2ccc(OC)cc2OC)c2ncc(C(O)C(C)(F)F)c(OC)n2)c(OC)c1. The highest BCUT2D eigenvalue weighted by Gasteiger charge is 2.37. The van der Waals surface area contributed by atoms with Crippen molar-refractivity contribution >= 4 is 5.95 Å². The summed E-state index contributed by atoms with van der Waals surface area (Å²) in [6.07, 6.45) is -0.986. The van der Waals surface area contributed by atoms with Gasteiger partial charge in [-0.05, 0) is 24.3 Å². The van der Waals surface area contributed by atoms with E-state index in [9.17, 15) is 13.9 Å². The summed E-state index contributed by atoms with van der Waals surface area (Å²) in [5.74, 6) is -0.978. The number of aliphatic hydroxyl groups excluding tert-OH is 1. The minimum atomic E-state index is -3.41. The van der Waals surface area contributed by atoms with E-state index >= 15 is 0 Å². The number of hydrogen-bond acceptors (Lipinski definition) is 9. The second-order valence-electron chi connectivity index (χ2n) is 8.21. The lowest BCUT2D eigenvalue weighted by molar-refractivity contribution is -0.0964. The first kappa shape index (κ1) is 27.7. The summed E-state index contributed by atoms with van der Waals surface area (Å²) in [4.78, 5) is 10.5. The summed E-state index contributed by atoms with van der Waals surface area (Å²) in [5, 5.41) is 10.1. The molecule has 0 aliphatic heterocycles. The van der Waals surface area contributed by atoms with Crippen LogP contribution >= 0.6 is 0 Å². The predicted molar refractivity (Wildman–Crippen MR) is 133 cm³/mol. The van der Waals surface area contributed by atoms with Crippen molar-refractivity contribution in [2.24, 2.45) is 0 Å². The second kappa shape index (κ2) is 11.9. The first-order valence-corrected chi connectivity index (χ1v) is 11.3. The average Bonchev–Trinajstić information content (AvgIpc) is 2.91. The van der Waals surface area contributed by atoms with Crippen LogP contribution in [0.2, 0.25) is 0 Å². The standard InChI is InChI=1S/C26H31F2N3O6/c1-26(27,28)23(32)20-13-29-25(30-24(20)37-6)31(14-16-7-9-18(33-2)11-21(16)35-4)15-17-8-10-19(34-3)12-22(17)36-5/h7-13,23,32H,14-15H2,1-6H3. The third-order valence-electron chi connectivity index (χ3n) is 5.73. The van der Waals surface area contributed by atoms with Gasteiger partial charge in [0.05, 0.1) is 41.1 Å². The third kappa shape index (κ3) is 6.48. The minimum Gasteiger partial charge on any atom is -0.497 e. The van der Waals surface area contributed by atoms with E-state index in [4.69, 9.17) is 23.7 Å². The first-order chi connectivity index (χ1) is 17.6. The average molecular weight is 520 g/mol. The number of rotatable bonds is 12. The van der Waals surface area contributed by atoms with E-state index in [2.05, 4.69) is 9.97 Å². The molecular formula is C26H31F2N3O6. The lowest BCUT2D eigenvalue weighted by Gasteiger charge is -2.26. The van der Waals surface area contributed by atoms with Crippen molar-refractivity contribution in [1.82, 2.24) is 9.97 Å². The van der Waals surface area contributed by atoms with Crippen molar-refractivity contribution in [2.75, 3.05) is 40.4 Å². The van der Waals surface area contributed by atoms with E-state index in [1.165, 1.54) is 7.11 Å². The number of ether oxygens (including phenoxy) is 5. The molecule has 0 saturated carbocycles. The van der Waals surface area contributed by atoms with Crippen molar-refractivity contribution < 1.29 is 37.6 Å². The number of aliphatic hydroxyl groups is 1. The molecule has 0 bridgehead atoms. The van der Waals surface area contributed by atoms with Gasteiger partial charge >= 0.3 is 0 Å². The molecule has 1 heterocycles. The zero-order valence-electron chi connectivity index (χ0n) is 21.6. The molecule has 1 atom stereocenters. The molecule has 2 aromatic carbocycles. The molecule has 1 N–H and O–H groups in total. The Morgan fingerprint density at radius 1 is 0.838 bits per heavy atom. The van der Waals surface area contributed by atoms with Gasteiger partial charge in [-0.3, -0.25) is 0 Å². The van der Waals surface area contributed by atoms with E-state index in [-0.39, 0.29) is 30.5 Å². The number of halogens is 2. The van der Waals surface area contributed by atoms with Gasteiger partial charge in [0.15, 0.2) is 0 Å². The lowest BCUT2D eigenvalue weighted by atomic mass is 10.1. The van der Waals surface area contributed by atoms with Crippen LogP contribution in [0.1, 0.15) is 29.7 Å². The summed E-state index contributed by atoms with van der Waals surface area (Å²) in [6, 6.07) is 10.8. The Balaban J connectivity index is 2.08. The first-order valence-electron chi connectivity index (χ1n) is 11.3. The molecule has 9 nitrogen and oxygen atoms in total. The summed E-state index contributed by atoms with van der Waals surface area (Å²) < 4.78 is 54.6. The van der Waals surface area contributed by atoms with Gasteiger partial charge in [-0.1, -0.05) is 0 Å². The lowest BCUT2D eigenvalue weighted by Crippen LogP contribution is -2.27. The van der Waals surface area contributed by atoms with Crippen LogP contribution in [0.15, 0.2) is 42.6 Å². The highest BCUT2D eigenvalue weighted by Crippen LogP contribution is 2.36. The molecule has 200 valence electrons. The second-order valence-corrected chi connectivity index (χ2v) is 8.21. The zero-order valence-corrected chi connectivity index (χ0v) is 21.6. The molecule has 11 heteroatoms. The number of methoxy groups -OCH3 is 5. The molecule has 1 unspecified atom stereocenters. The van der Waals surface area contributed by atoms with Gasteiger partial charge in [0.1, 0.15) is 29.1 Å². The van der Waals surface area contributed by atoms with Crippen molar-refractivity contribution in [3.8, 4) is 28.9 Å². The van der Waals surface area contributed by atoms with E-state index in [1.54, 1.807) is 57.6 Å². The van der Waals surface area contributed by atoms with Gasteiger partial charge in [0.2, 0.25) is 11.8 Å². The number of nitrogens with zero attached hydrogens (tertiary/aromatic N) is 3. The maximum Gasteiger partial charge on any atom is 0.275 e. The molecule has 0 aliphatic rings. The number of hydrogen-bond donors (Lipinski definition) is 1. The Morgan fingerprint density at radius 3 is 1.76 bits per heavy atom.